The summed E-state index contributed by atoms with van der Waals surface area (Å²) in [6.07, 6.45) is 5.34. The predicted molar refractivity (Wildman–Crippen MR) is 141 cm³/mol. The Morgan fingerprint density at radius 1 is 1.08 bits per heavy atom. The van der Waals surface area contributed by atoms with Crippen molar-refractivity contribution >= 4 is 15.7 Å². The summed E-state index contributed by atoms with van der Waals surface area (Å²) >= 11 is 0. The second-order valence-corrected chi connectivity index (χ2v) is 11.3. The molecule has 196 valence electrons. The summed E-state index contributed by atoms with van der Waals surface area (Å²) in [5, 5.41) is 3.50. The maximum atomic E-state index is 12.6. The zero-order chi connectivity index (χ0) is 26.0. The Balaban J connectivity index is 1.40. The Kier molecular flexibility index (Phi) is 7.23. The minimum atomic E-state index is -3.55. The van der Waals surface area contributed by atoms with E-state index in [4.69, 9.17) is 14.2 Å². The Morgan fingerprint density at radius 2 is 1.86 bits per heavy atom. The molecule has 5 rings (SSSR count). The summed E-state index contributed by atoms with van der Waals surface area (Å²) in [5.41, 5.74) is 3.92. The van der Waals surface area contributed by atoms with Gasteiger partial charge in [0.25, 0.3) is 10.0 Å². The Hall–Kier alpha value is -3.34. The van der Waals surface area contributed by atoms with Crippen molar-refractivity contribution < 1.29 is 22.6 Å². The Labute approximate surface area is 217 Å². The lowest BCUT2D eigenvalue weighted by Gasteiger charge is -2.29. The molecule has 1 aromatic carbocycles. The number of aromatic nitrogens is 2. The topological polar surface area (TPSA) is 106 Å². The van der Waals surface area contributed by atoms with Crippen molar-refractivity contribution in [2.45, 2.75) is 43.9 Å². The molecule has 0 unspecified atom stereocenters. The average Bonchev–Trinajstić information content (AvgIpc) is 3.47. The van der Waals surface area contributed by atoms with Gasteiger partial charge in [0, 0.05) is 43.6 Å². The number of benzene rings is 1. The molecular weight excluding hydrogens is 492 g/mol. The number of methoxy groups -OCH3 is 1. The minimum absolute atomic E-state index is 0.0220. The first-order chi connectivity index (χ1) is 17.8. The molecular formula is C27H32N4O5S. The standard InChI is InChI=1S/C27H32N4O5S/c1-18-5-7-25(29-18)26-9-8-24(30-26)20-13-22(35-19(2)17-34-3)15-23(14-20)36-21-6-10-27(28-16-21)37(32,33)31-11-4-12-31/h6-10,13-16,18-19,29-30H,4-5,11-12,17H2,1-3H3/t18-,19-/m0/s1. The SMILES string of the molecule is COC[C@H](C)Oc1cc(Oc2ccc(S(=O)(=O)N3CCC3)nc2)cc(-c2ccc(C3=CC[C@H](C)N3)[nH]2)c1. The van der Waals surface area contributed by atoms with Crippen molar-refractivity contribution in [2.75, 3.05) is 26.8 Å². The Bertz CT molecular complexity index is 1380. The molecule has 2 aromatic heterocycles. The molecule has 3 aromatic rings. The fourth-order valence-corrected chi connectivity index (χ4v) is 5.75. The number of pyridine rings is 1. The first kappa shape index (κ1) is 25.3. The third-order valence-electron chi connectivity index (χ3n) is 6.35. The third kappa shape index (κ3) is 5.66. The quantitative estimate of drug-likeness (QED) is 0.405. The minimum Gasteiger partial charge on any atom is -0.488 e. The van der Waals surface area contributed by atoms with Crippen LogP contribution in [0.1, 0.15) is 32.4 Å². The van der Waals surface area contributed by atoms with Crippen molar-refractivity contribution in [2.24, 2.45) is 0 Å². The zero-order valence-electron chi connectivity index (χ0n) is 21.2. The predicted octanol–water partition coefficient (Wildman–Crippen LogP) is 4.40. The molecule has 0 radical (unpaired) electrons. The summed E-state index contributed by atoms with van der Waals surface area (Å²) in [5.74, 6) is 1.60. The van der Waals surface area contributed by atoms with E-state index in [2.05, 4.69) is 34.4 Å². The molecule has 9 nitrogen and oxygen atoms in total. The number of hydrogen-bond donors (Lipinski definition) is 2. The van der Waals surface area contributed by atoms with Gasteiger partial charge in [-0.2, -0.15) is 4.31 Å². The van der Waals surface area contributed by atoms with Gasteiger partial charge in [-0.3, -0.25) is 0 Å². The van der Waals surface area contributed by atoms with Crippen molar-refractivity contribution in [3.63, 3.8) is 0 Å². The lowest BCUT2D eigenvalue weighted by atomic mass is 10.1. The fraction of sp³-hybridized carbons (Fsp3) is 0.370. The van der Waals surface area contributed by atoms with E-state index >= 15 is 0 Å². The van der Waals surface area contributed by atoms with E-state index in [-0.39, 0.29) is 11.1 Å². The highest BCUT2D eigenvalue weighted by Crippen LogP contribution is 2.34. The number of nitrogens with one attached hydrogen (secondary N) is 2. The van der Waals surface area contributed by atoms with Crippen molar-refractivity contribution in [3.8, 4) is 28.5 Å². The van der Waals surface area contributed by atoms with Crippen LogP contribution >= 0.6 is 0 Å². The largest absolute Gasteiger partial charge is 0.488 e. The van der Waals surface area contributed by atoms with Gasteiger partial charge in [-0.05, 0) is 63.1 Å². The average molecular weight is 525 g/mol. The maximum absolute atomic E-state index is 12.6. The lowest BCUT2D eigenvalue weighted by molar-refractivity contribution is 0.0920. The molecule has 0 aliphatic carbocycles. The molecule has 4 heterocycles. The first-order valence-corrected chi connectivity index (χ1v) is 13.9. The molecule has 2 N–H and O–H groups in total. The highest BCUT2D eigenvalue weighted by atomic mass is 32.2. The van der Waals surface area contributed by atoms with E-state index in [0.717, 1.165) is 35.5 Å². The second-order valence-electron chi connectivity index (χ2n) is 9.45. The van der Waals surface area contributed by atoms with Gasteiger partial charge in [-0.1, -0.05) is 6.08 Å². The van der Waals surface area contributed by atoms with Crippen LogP contribution in [0, 0.1) is 0 Å². The third-order valence-corrected chi connectivity index (χ3v) is 8.16. The fourth-order valence-electron chi connectivity index (χ4n) is 4.32. The van der Waals surface area contributed by atoms with Crippen LogP contribution in [-0.2, 0) is 14.8 Å². The molecule has 2 aliphatic heterocycles. The van der Waals surface area contributed by atoms with Crippen LogP contribution in [0.3, 0.4) is 0 Å². The molecule has 0 bridgehead atoms. The molecule has 2 aliphatic rings. The summed E-state index contributed by atoms with van der Waals surface area (Å²) in [7, 11) is -1.91. The van der Waals surface area contributed by atoms with Crippen LogP contribution in [0.2, 0.25) is 0 Å². The van der Waals surface area contributed by atoms with Crippen LogP contribution in [0.4, 0.5) is 0 Å². The monoisotopic (exact) mass is 524 g/mol. The van der Waals surface area contributed by atoms with Gasteiger partial charge in [0.1, 0.15) is 23.4 Å². The molecule has 37 heavy (non-hydrogen) atoms. The molecule has 1 fully saturated rings. The van der Waals surface area contributed by atoms with E-state index in [1.165, 1.54) is 16.6 Å². The van der Waals surface area contributed by atoms with Gasteiger partial charge in [0.2, 0.25) is 0 Å². The summed E-state index contributed by atoms with van der Waals surface area (Å²) in [6, 6.07) is 13.3. The molecule has 0 saturated carbocycles. The first-order valence-electron chi connectivity index (χ1n) is 12.4. The number of aromatic amines is 1. The number of nitrogens with zero attached hydrogens (tertiary/aromatic N) is 2. The highest BCUT2D eigenvalue weighted by molar-refractivity contribution is 7.89. The van der Waals surface area contributed by atoms with E-state index in [9.17, 15) is 8.42 Å². The Morgan fingerprint density at radius 3 is 2.51 bits per heavy atom. The number of ether oxygens (including phenoxy) is 3. The molecule has 0 spiro atoms. The molecule has 10 heteroatoms. The molecule has 0 amide bonds. The molecule has 1 saturated heterocycles. The lowest BCUT2D eigenvalue weighted by Crippen LogP contribution is -2.42. The summed E-state index contributed by atoms with van der Waals surface area (Å²) in [4.78, 5) is 7.64. The smallest absolute Gasteiger partial charge is 0.260 e. The highest BCUT2D eigenvalue weighted by Gasteiger charge is 2.30. The van der Waals surface area contributed by atoms with Gasteiger partial charge in [0.05, 0.1) is 24.2 Å². The summed E-state index contributed by atoms with van der Waals surface area (Å²) < 4.78 is 44.0. The number of sulfonamides is 1. The van der Waals surface area contributed by atoms with Crippen LogP contribution in [0.5, 0.6) is 17.2 Å². The van der Waals surface area contributed by atoms with E-state index < -0.39 is 10.0 Å². The van der Waals surface area contributed by atoms with Crippen LogP contribution in [0.15, 0.2) is 59.8 Å². The maximum Gasteiger partial charge on any atom is 0.260 e. The second kappa shape index (κ2) is 10.6. The van der Waals surface area contributed by atoms with Crippen LogP contribution in [-0.4, -0.2) is 61.6 Å². The van der Waals surface area contributed by atoms with Gasteiger partial charge < -0.3 is 24.5 Å². The normalized spacial score (nSPS) is 18.6. The number of hydrogen-bond acceptors (Lipinski definition) is 7. The van der Waals surface area contributed by atoms with Gasteiger partial charge >= 0.3 is 0 Å². The van der Waals surface area contributed by atoms with Gasteiger partial charge in [-0.25, -0.2) is 13.4 Å². The summed E-state index contributed by atoms with van der Waals surface area (Å²) in [6.45, 7) is 5.60. The van der Waals surface area contributed by atoms with E-state index in [1.807, 2.05) is 25.1 Å². The van der Waals surface area contributed by atoms with Crippen molar-refractivity contribution in [3.05, 3.63) is 60.4 Å². The van der Waals surface area contributed by atoms with Gasteiger partial charge in [0.15, 0.2) is 5.03 Å². The number of rotatable bonds is 10. The van der Waals surface area contributed by atoms with Crippen molar-refractivity contribution in [1.29, 1.82) is 0 Å². The van der Waals surface area contributed by atoms with E-state index in [0.29, 0.717) is 43.0 Å². The van der Waals surface area contributed by atoms with Crippen LogP contribution < -0.4 is 14.8 Å². The number of H-pyrrole nitrogens is 1. The zero-order valence-corrected chi connectivity index (χ0v) is 22.0. The van der Waals surface area contributed by atoms with E-state index in [1.54, 1.807) is 19.2 Å². The van der Waals surface area contributed by atoms with Crippen LogP contribution in [0.25, 0.3) is 17.0 Å². The van der Waals surface area contributed by atoms with Crippen molar-refractivity contribution in [1.82, 2.24) is 19.6 Å². The van der Waals surface area contributed by atoms with Gasteiger partial charge in [-0.15, -0.1) is 0 Å². The molecule has 2 atom stereocenters.